The number of aliphatic hydroxyl groups is 3. The van der Waals surface area contributed by atoms with Crippen LogP contribution in [-0.4, -0.2) is 132 Å². The summed E-state index contributed by atoms with van der Waals surface area (Å²) >= 11 is 0. The number of carbonyl (C=O) groups excluding carboxylic acids is 5. The molecule has 14 nitrogen and oxygen atoms in total. The molecule has 3 fully saturated rings. The van der Waals surface area contributed by atoms with E-state index in [0.717, 1.165) is 12.0 Å². The number of hydrogen-bond acceptors (Lipinski definition) is 13. The number of piperidine rings is 1. The Kier molecular flexibility index (Phi) is 21.0. The molecule has 0 aromatic rings. The molecule has 4 rings (SSSR count). The molecule has 1 saturated carbocycles. The second-order valence-electron chi connectivity index (χ2n) is 19.6. The summed E-state index contributed by atoms with van der Waals surface area (Å²) in [6, 6.07) is -1.14. The van der Waals surface area contributed by atoms with Crippen LogP contribution in [-0.2, 0) is 47.7 Å². The Balaban J connectivity index is 1.70. The third-order valence-corrected chi connectivity index (χ3v) is 14.5. The molecule has 4 aliphatic rings. The molecule has 0 radical (unpaired) electrons. The normalized spacial score (nSPS) is 39.1. The van der Waals surface area contributed by atoms with Crippen molar-refractivity contribution in [3.05, 3.63) is 47.6 Å². The van der Waals surface area contributed by atoms with Crippen LogP contribution in [0.25, 0.3) is 0 Å². The van der Waals surface area contributed by atoms with Gasteiger partial charge in [0.05, 0.1) is 24.4 Å². The van der Waals surface area contributed by atoms with Gasteiger partial charge in [-0.1, -0.05) is 71.1 Å². The number of allylic oxidation sites excluding steroid dienone is 6. The average molecular weight is 914 g/mol. The van der Waals surface area contributed by atoms with Crippen LogP contribution in [0.2, 0.25) is 0 Å². The number of esters is 1. The number of nitrogens with zero attached hydrogens (tertiary/aromatic N) is 1. The van der Waals surface area contributed by atoms with Crippen molar-refractivity contribution in [3.8, 4) is 0 Å². The number of cyclic esters (lactones) is 1. The maximum atomic E-state index is 14.4. The quantitative estimate of drug-likeness (QED) is 0.156. The maximum absolute atomic E-state index is 14.4. The number of aliphatic hydroxyl groups excluding tert-OH is 2. The van der Waals surface area contributed by atoms with Crippen LogP contribution in [0.5, 0.6) is 0 Å². The van der Waals surface area contributed by atoms with Crippen LogP contribution < -0.4 is 0 Å². The first-order chi connectivity index (χ1) is 30.7. The Labute approximate surface area is 387 Å². The number of carbonyl (C=O) groups is 5. The number of hydrogen-bond donors (Lipinski definition) is 3. The number of Topliss-reactive ketones (excluding diaryl/α,β-unsaturated/α-hetero) is 3. The minimum absolute atomic E-state index is 0.0193. The lowest BCUT2D eigenvalue weighted by atomic mass is 9.78. The number of rotatable bonds is 6. The molecule has 65 heavy (non-hydrogen) atoms. The van der Waals surface area contributed by atoms with Gasteiger partial charge in [0.1, 0.15) is 30.1 Å². The molecule has 3 heterocycles. The molecule has 366 valence electrons. The summed E-state index contributed by atoms with van der Waals surface area (Å²) in [5.41, 5.74) is 1.27. The van der Waals surface area contributed by atoms with Crippen LogP contribution in [0.15, 0.2) is 47.6 Å². The van der Waals surface area contributed by atoms with Crippen LogP contribution in [0.1, 0.15) is 126 Å². The molecule has 2 saturated heterocycles. The van der Waals surface area contributed by atoms with E-state index < -0.39 is 83.9 Å². The highest BCUT2D eigenvalue weighted by molar-refractivity contribution is 6.39. The van der Waals surface area contributed by atoms with Gasteiger partial charge in [0.25, 0.3) is 11.7 Å². The Morgan fingerprint density at radius 1 is 0.846 bits per heavy atom. The van der Waals surface area contributed by atoms with E-state index >= 15 is 0 Å². The number of ketones is 3. The molecule has 0 aromatic carbocycles. The van der Waals surface area contributed by atoms with Gasteiger partial charge in [0.15, 0.2) is 5.78 Å². The van der Waals surface area contributed by atoms with Crippen LogP contribution in [0, 0.1) is 35.5 Å². The Morgan fingerprint density at radius 3 is 2.25 bits per heavy atom. The molecule has 0 aromatic heterocycles. The van der Waals surface area contributed by atoms with E-state index in [-0.39, 0.29) is 54.8 Å². The van der Waals surface area contributed by atoms with E-state index in [2.05, 4.69) is 0 Å². The molecule has 1 amide bonds. The molecule has 0 spiro atoms. The third kappa shape index (κ3) is 14.3. The topological polar surface area (TPSA) is 195 Å². The number of amides is 1. The zero-order chi connectivity index (χ0) is 48.2. The van der Waals surface area contributed by atoms with E-state index in [1.165, 1.54) is 12.0 Å². The summed E-state index contributed by atoms with van der Waals surface area (Å²) in [7, 11) is 4.52. The standard InChI is InChI=1S/C51H79NO13/c1-30-16-12-11-13-17-31(2)42(61-8)28-38-21-19-36(7)51(60,65-38)48(57)49(58)52-23-15-14-18-39(52)50(59)64-43(33(4)26-37-20-22-40(53)44(27-37)62-9)29-41(54)32(3)25-35(6)46(56)47(63-10)45(55)34(5)24-30/h11-13,16-17,25,30,32-34,36-40,42-44,46-47,53,56,60H,14-15,18-24,26-29H2,1-10H3/b13-11?,16-12+,31-17?,35-25+/t30-,32-,33-,34-,36-,37+,38+,39+,40?,42+,43+,44-,46-,47+,51-/m1/s1. The molecule has 1 unspecified atom stereocenters. The Hall–Kier alpha value is -3.37. The fourth-order valence-corrected chi connectivity index (χ4v) is 10.1. The van der Waals surface area contributed by atoms with Gasteiger partial charge in [0.2, 0.25) is 5.79 Å². The van der Waals surface area contributed by atoms with E-state index in [4.69, 9.17) is 23.7 Å². The molecular weight excluding hydrogens is 835 g/mol. The van der Waals surface area contributed by atoms with Gasteiger partial charge >= 0.3 is 5.97 Å². The van der Waals surface area contributed by atoms with E-state index in [1.54, 1.807) is 41.1 Å². The van der Waals surface area contributed by atoms with Gasteiger partial charge < -0.3 is 43.9 Å². The number of ether oxygens (including phenoxy) is 5. The minimum Gasteiger partial charge on any atom is -0.460 e. The highest BCUT2D eigenvalue weighted by atomic mass is 16.6. The van der Waals surface area contributed by atoms with Crippen molar-refractivity contribution in [1.82, 2.24) is 4.90 Å². The lowest BCUT2D eigenvalue weighted by molar-refractivity contribution is -0.265. The molecule has 14 heteroatoms. The second kappa shape index (κ2) is 25.1. The van der Waals surface area contributed by atoms with Crippen LogP contribution >= 0.6 is 0 Å². The Bertz CT molecular complexity index is 1760. The highest BCUT2D eigenvalue weighted by Gasteiger charge is 2.53. The maximum Gasteiger partial charge on any atom is 0.329 e. The SMILES string of the molecule is CO[C@H]1C[C@@H]2CC[C@@H](C)[C@@](O)(O2)C(=O)C(=O)N2CCCC[C@H]2C(=O)O[C@H]([C@H](C)C[C@@H]2CCC(O)[C@H](OC)C2)CC(=O)[C@H](C)/C=C(\C)[C@@H](O)[C@@H](OC)C(=O)[C@H](C)C[C@H](C)/C=C/C=CC=C1C. The van der Waals surface area contributed by atoms with Crippen molar-refractivity contribution in [3.63, 3.8) is 0 Å². The van der Waals surface area contributed by atoms with Crippen molar-refractivity contribution < 1.29 is 63.0 Å². The van der Waals surface area contributed by atoms with Crippen LogP contribution in [0.3, 0.4) is 0 Å². The van der Waals surface area contributed by atoms with Gasteiger partial charge in [-0.25, -0.2) is 4.79 Å². The van der Waals surface area contributed by atoms with Gasteiger partial charge in [-0.3, -0.25) is 19.2 Å². The summed E-state index contributed by atoms with van der Waals surface area (Å²) in [5, 5.41) is 33.8. The third-order valence-electron chi connectivity index (χ3n) is 14.5. The van der Waals surface area contributed by atoms with E-state index in [1.807, 2.05) is 58.1 Å². The summed E-state index contributed by atoms with van der Waals surface area (Å²) < 4.78 is 29.4. The largest absolute Gasteiger partial charge is 0.460 e. The number of fused-ring (bicyclic) bond motifs is 3. The van der Waals surface area contributed by atoms with Crippen LogP contribution in [0.4, 0.5) is 0 Å². The zero-order valence-electron chi connectivity index (χ0n) is 40.6. The smallest absolute Gasteiger partial charge is 0.329 e. The predicted octanol–water partition coefficient (Wildman–Crippen LogP) is 6.18. The average Bonchev–Trinajstić information content (AvgIpc) is 3.28. The summed E-state index contributed by atoms with van der Waals surface area (Å²) in [4.78, 5) is 71.8. The molecular formula is C51H79NO13. The van der Waals surface area contributed by atoms with Crippen molar-refractivity contribution >= 4 is 29.2 Å². The van der Waals surface area contributed by atoms with Gasteiger partial charge in [-0.15, -0.1) is 0 Å². The molecule has 2 bridgehead atoms. The highest BCUT2D eigenvalue weighted by Crippen LogP contribution is 2.38. The van der Waals surface area contributed by atoms with Crippen molar-refractivity contribution in [1.29, 1.82) is 0 Å². The van der Waals surface area contributed by atoms with Gasteiger partial charge in [-0.05, 0) is 107 Å². The summed E-state index contributed by atoms with van der Waals surface area (Å²) in [6.07, 6.45) is 11.2. The fourth-order valence-electron chi connectivity index (χ4n) is 10.1. The lowest BCUT2D eigenvalue weighted by Crippen LogP contribution is -2.61. The first-order valence-corrected chi connectivity index (χ1v) is 23.9. The van der Waals surface area contributed by atoms with Crippen molar-refractivity contribution in [2.45, 2.75) is 180 Å². The predicted molar refractivity (Wildman–Crippen MR) is 245 cm³/mol. The minimum atomic E-state index is -2.43. The van der Waals surface area contributed by atoms with Crippen molar-refractivity contribution in [2.75, 3.05) is 27.9 Å². The fraction of sp³-hybridized carbons (Fsp3) is 0.745. The summed E-state index contributed by atoms with van der Waals surface area (Å²) in [5.74, 6) is -7.96. The van der Waals surface area contributed by atoms with Crippen molar-refractivity contribution in [2.24, 2.45) is 35.5 Å². The first kappa shape index (κ1) is 54.2. The zero-order valence-corrected chi connectivity index (χ0v) is 40.6. The monoisotopic (exact) mass is 914 g/mol. The lowest BCUT2D eigenvalue weighted by Gasteiger charge is -2.42. The van der Waals surface area contributed by atoms with Gasteiger partial charge in [0, 0.05) is 58.5 Å². The Morgan fingerprint density at radius 2 is 1.57 bits per heavy atom. The second-order valence-corrected chi connectivity index (χ2v) is 19.6. The van der Waals surface area contributed by atoms with E-state index in [9.17, 15) is 39.3 Å². The van der Waals surface area contributed by atoms with E-state index in [0.29, 0.717) is 63.4 Å². The molecule has 3 N–H and O–H groups in total. The first-order valence-electron chi connectivity index (χ1n) is 23.9. The molecule has 3 aliphatic heterocycles. The molecule has 1 aliphatic carbocycles. The van der Waals surface area contributed by atoms with Gasteiger partial charge in [-0.2, -0.15) is 0 Å². The molecule has 15 atom stereocenters. The summed E-state index contributed by atoms with van der Waals surface area (Å²) in [6.45, 7) is 12.7. The number of methoxy groups -OCH3 is 3.